The minimum Gasteiger partial charge on any atom is -0.493 e. The van der Waals surface area contributed by atoms with Crippen molar-refractivity contribution < 1.29 is 14.6 Å². The van der Waals surface area contributed by atoms with Gasteiger partial charge in [0.1, 0.15) is 11.3 Å². The first-order valence-corrected chi connectivity index (χ1v) is 7.71. The minimum absolute atomic E-state index is 0.398. The van der Waals surface area contributed by atoms with E-state index in [-0.39, 0.29) is 0 Å². The summed E-state index contributed by atoms with van der Waals surface area (Å²) < 4.78 is 5.74. The van der Waals surface area contributed by atoms with Gasteiger partial charge in [-0.15, -0.1) is 0 Å². The number of aliphatic carboxylic acids is 1. The maximum absolute atomic E-state index is 11.4. The number of benzene rings is 1. The van der Waals surface area contributed by atoms with Gasteiger partial charge in [0.2, 0.25) is 0 Å². The monoisotopic (exact) mass is 291 g/mol. The fourth-order valence-corrected chi connectivity index (χ4v) is 2.40. The second kappa shape index (κ2) is 6.94. The van der Waals surface area contributed by atoms with Gasteiger partial charge in [0.25, 0.3) is 0 Å². The zero-order valence-electron chi connectivity index (χ0n) is 12.9. The molecule has 0 saturated heterocycles. The number of carboxylic acids is 1. The van der Waals surface area contributed by atoms with Crippen LogP contribution >= 0.6 is 0 Å². The third-order valence-electron chi connectivity index (χ3n) is 3.99. The highest BCUT2D eigenvalue weighted by Gasteiger charge is 2.37. The molecule has 21 heavy (non-hydrogen) atoms. The van der Waals surface area contributed by atoms with Gasteiger partial charge >= 0.3 is 5.97 Å². The van der Waals surface area contributed by atoms with Crippen molar-refractivity contribution in [2.24, 2.45) is 0 Å². The highest BCUT2D eigenvalue weighted by molar-refractivity contribution is 5.78. The molecule has 4 heteroatoms. The lowest BCUT2D eigenvalue weighted by atomic mass is 9.95. The van der Waals surface area contributed by atoms with Crippen LogP contribution in [0, 0.1) is 6.92 Å². The number of para-hydroxylation sites is 1. The Balaban J connectivity index is 1.70. The highest BCUT2D eigenvalue weighted by atomic mass is 16.5. The third kappa shape index (κ3) is 4.74. The van der Waals surface area contributed by atoms with Gasteiger partial charge in [-0.05, 0) is 57.6 Å². The van der Waals surface area contributed by atoms with Crippen molar-refractivity contribution in [3.63, 3.8) is 0 Å². The number of carboxylic acid groups (broad SMARTS) is 1. The van der Waals surface area contributed by atoms with E-state index < -0.39 is 11.5 Å². The second-order valence-corrected chi connectivity index (χ2v) is 6.13. The van der Waals surface area contributed by atoms with Crippen LogP contribution in [0.25, 0.3) is 0 Å². The summed E-state index contributed by atoms with van der Waals surface area (Å²) in [4.78, 5) is 11.4. The summed E-state index contributed by atoms with van der Waals surface area (Å²) in [6.45, 7) is 4.44. The molecular formula is C17H25NO3. The van der Waals surface area contributed by atoms with E-state index in [4.69, 9.17) is 4.74 Å². The maximum Gasteiger partial charge on any atom is 0.323 e. The average molecular weight is 291 g/mol. The van der Waals surface area contributed by atoms with Crippen LogP contribution < -0.4 is 10.1 Å². The zero-order valence-corrected chi connectivity index (χ0v) is 12.9. The molecule has 0 radical (unpaired) electrons. The standard InChI is InChI=1S/C17H25NO3/c1-13-7-3-4-8-15(13)21-12-6-5-11-17(2,16(19)20)18-14-9-10-14/h3-4,7-8,14,18H,5-6,9-12H2,1-2H3,(H,19,20). The Labute approximate surface area is 126 Å². The van der Waals surface area contributed by atoms with E-state index in [2.05, 4.69) is 5.32 Å². The number of ether oxygens (including phenoxy) is 1. The largest absolute Gasteiger partial charge is 0.493 e. The summed E-state index contributed by atoms with van der Waals surface area (Å²) >= 11 is 0. The molecule has 1 aromatic rings. The molecule has 1 atom stereocenters. The summed E-state index contributed by atoms with van der Waals surface area (Å²) in [5.41, 5.74) is 0.326. The van der Waals surface area contributed by atoms with Crippen LogP contribution in [-0.2, 0) is 4.79 Å². The van der Waals surface area contributed by atoms with Gasteiger partial charge < -0.3 is 9.84 Å². The van der Waals surface area contributed by atoms with Crippen molar-refractivity contribution >= 4 is 5.97 Å². The first kappa shape index (κ1) is 15.8. The molecule has 0 aromatic heterocycles. The van der Waals surface area contributed by atoms with Gasteiger partial charge in [0, 0.05) is 6.04 Å². The number of carbonyl (C=O) groups is 1. The number of hydrogen-bond acceptors (Lipinski definition) is 3. The third-order valence-corrected chi connectivity index (χ3v) is 3.99. The lowest BCUT2D eigenvalue weighted by Crippen LogP contribution is -2.50. The maximum atomic E-state index is 11.4. The van der Waals surface area contributed by atoms with E-state index in [1.165, 1.54) is 0 Å². The van der Waals surface area contributed by atoms with E-state index in [0.717, 1.165) is 37.0 Å². The van der Waals surface area contributed by atoms with Crippen molar-refractivity contribution in [2.45, 2.75) is 57.5 Å². The van der Waals surface area contributed by atoms with Crippen molar-refractivity contribution in [1.29, 1.82) is 0 Å². The summed E-state index contributed by atoms with van der Waals surface area (Å²) in [5.74, 6) is 0.156. The smallest absolute Gasteiger partial charge is 0.323 e. The molecule has 1 fully saturated rings. The fourth-order valence-electron chi connectivity index (χ4n) is 2.40. The van der Waals surface area contributed by atoms with Crippen LogP contribution in [0.5, 0.6) is 5.75 Å². The Kier molecular flexibility index (Phi) is 5.23. The van der Waals surface area contributed by atoms with Crippen LogP contribution in [0.1, 0.15) is 44.6 Å². The molecule has 1 aliphatic rings. The zero-order chi connectivity index (χ0) is 15.3. The van der Waals surface area contributed by atoms with Crippen LogP contribution in [0.15, 0.2) is 24.3 Å². The van der Waals surface area contributed by atoms with Crippen molar-refractivity contribution in [3.8, 4) is 5.75 Å². The summed E-state index contributed by atoms with van der Waals surface area (Å²) in [7, 11) is 0. The Morgan fingerprint density at radius 1 is 1.38 bits per heavy atom. The Morgan fingerprint density at radius 2 is 2.10 bits per heavy atom. The summed E-state index contributed by atoms with van der Waals surface area (Å²) in [6, 6.07) is 8.34. The van der Waals surface area contributed by atoms with Crippen LogP contribution in [0.4, 0.5) is 0 Å². The minimum atomic E-state index is -0.802. The van der Waals surface area contributed by atoms with Gasteiger partial charge in [-0.1, -0.05) is 18.2 Å². The molecule has 0 spiro atoms. The molecule has 1 unspecified atom stereocenters. The summed E-state index contributed by atoms with van der Waals surface area (Å²) in [5, 5.41) is 12.6. The molecule has 0 amide bonds. The Morgan fingerprint density at radius 3 is 2.71 bits per heavy atom. The fraction of sp³-hybridized carbons (Fsp3) is 0.588. The topological polar surface area (TPSA) is 58.6 Å². The Bertz CT molecular complexity index is 485. The molecule has 2 N–H and O–H groups in total. The lowest BCUT2D eigenvalue weighted by Gasteiger charge is -2.26. The molecule has 1 saturated carbocycles. The molecule has 116 valence electrons. The SMILES string of the molecule is Cc1ccccc1OCCCCC(C)(NC1CC1)C(=O)O. The molecule has 1 aromatic carbocycles. The molecule has 0 aliphatic heterocycles. The van der Waals surface area contributed by atoms with E-state index in [1.807, 2.05) is 31.2 Å². The van der Waals surface area contributed by atoms with E-state index in [0.29, 0.717) is 19.1 Å². The first-order valence-electron chi connectivity index (χ1n) is 7.71. The Hall–Kier alpha value is -1.55. The second-order valence-electron chi connectivity index (χ2n) is 6.13. The van der Waals surface area contributed by atoms with Crippen LogP contribution in [0.3, 0.4) is 0 Å². The van der Waals surface area contributed by atoms with Crippen molar-refractivity contribution in [1.82, 2.24) is 5.32 Å². The van der Waals surface area contributed by atoms with Crippen LogP contribution in [0.2, 0.25) is 0 Å². The first-order chi connectivity index (χ1) is 10.0. The molecule has 4 nitrogen and oxygen atoms in total. The number of unbranched alkanes of at least 4 members (excludes halogenated alkanes) is 1. The molecule has 0 heterocycles. The molecule has 1 aliphatic carbocycles. The highest BCUT2D eigenvalue weighted by Crippen LogP contribution is 2.25. The predicted octanol–water partition coefficient (Wildman–Crippen LogP) is 3.14. The van der Waals surface area contributed by atoms with Gasteiger partial charge in [-0.25, -0.2) is 0 Å². The van der Waals surface area contributed by atoms with Gasteiger partial charge in [-0.3, -0.25) is 10.1 Å². The predicted molar refractivity (Wildman–Crippen MR) is 82.7 cm³/mol. The average Bonchev–Trinajstić information content (AvgIpc) is 3.24. The number of hydrogen-bond donors (Lipinski definition) is 2. The summed E-state index contributed by atoms with van der Waals surface area (Å²) in [6.07, 6.45) is 4.53. The number of aryl methyl sites for hydroxylation is 1. The normalized spacial score (nSPS) is 17.2. The molecule has 2 rings (SSSR count). The number of nitrogens with one attached hydrogen (secondary N) is 1. The molecular weight excluding hydrogens is 266 g/mol. The van der Waals surface area contributed by atoms with E-state index in [9.17, 15) is 9.90 Å². The van der Waals surface area contributed by atoms with Crippen molar-refractivity contribution in [2.75, 3.05) is 6.61 Å². The van der Waals surface area contributed by atoms with Crippen molar-refractivity contribution in [3.05, 3.63) is 29.8 Å². The van der Waals surface area contributed by atoms with Gasteiger partial charge in [-0.2, -0.15) is 0 Å². The van der Waals surface area contributed by atoms with Crippen LogP contribution in [-0.4, -0.2) is 29.3 Å². The number of rotatable bonds is 9. The lowest BCUT2D eigenvalue weighted by molar-refractivity contribution is -0.144. The van der Waals surface area contributed by atoms with Gasteiger partial charge in [0.05, 0.1) is 6.61 Å². The molecule has 0 bridgehead atoms. The quantitative estimate of drug-likeness (QED) is 0.686. The van der Waals surface area contributed by atoms with E-state index >= 15 is 0 Å². The van der Waals surface area contributed by atoms with Gasteiger partial charge in [0.15, 0.2) is 0 Å². The van der Waals surface area contributed by atoms with E-state index in [1.54, 1.807) is 6.92 Å².